The summed E-state index contributed by atoms with van der Waals surface area (Å²) in [5, 5.41) is 32.6. The highest BCUT2D eigenvalue weighted by molar-refractivity contribution is 8.14. The number of fused-ring (bicyclic) bond motifs is 2. The van der Waals surface area contributed by atoms with Crippen molar-refractivity contribution in [2.45, 2.75) is 93.9 Å². The van der Waals surface area contributed by atoms with Crippen LogP contribution in [0.5, 0.6) is 0 Å². The van der Waals surface area contributed by atoms with Gasteiger partial charge >= 0.3 is 23.5 Å². The van der Waals surface area contributed by atoms with Gasteiger partial charge in [-0.1, -0.05) is 61.1 Å². The van der Waals surface area contributed by atoms with Crippen molar-refractivity contribution in [1.29, 1.82) is 0 Å². The number of amides is 4. The van der Waals surface area contributed by atoms with Crippen molar-refractivity contribution in [2.24, 2.45) is 5.41 Å². The first-order valence-electron chi connectivity index (χ1n) is 22.4. The van der Waals surface area contributed by atoms with Crippen molar-refractivity contribution in [2.75, 3.05) is 37.8 Å². The van der Waals surface area contributed by atoms with E-state index in [-0.39, 0.29) is 58.7 Å². The van der Waals surface area contributed by atoms with Crippen LogP contribution in [0.3, 0.4) is 0 Å². The van der Waals surface area contributed by atoms with E-state index in [1.807, 2.05) is 19.9 Å². The molecule has 4 amide bonds. The third-order valence-corrected chi connectivity index (χ3v) is 17.4. The number of benzene rings is 1. The number of aliphatic hydroxyl groups excluding tert-OH is 2. The first kappa shape index (κ1) is 58.0. The number of imidazole rings is 1. The molecule has 3 aliphatic rings. The molecule has 410 valence electrons. The van der Waals surface area contributed by atoms with Crippen molar-refractivity contribution in [1.82, 2.24) is 45.5 Å². The largest absolute Gasteiger partial charge is 0.481 e. The Morgan fingerprint density at radius 1 is 1.01 bits per heavy atom. The normalized spacial score (nSPS) is 24.4. The first-order valence-corrected chi connectivity index (χ1v) is 28.8. The molecule has 7 unspecified atom stereocenters. The number of carbonyl (C=O) groups excluding carboxylic acids is 5. The summed E-state index contributed by atoms with van der Waals surface area (Å²) in [5.74, 6) is -2.18. The molecular weight excluding hydrogens is 1100 g/mol. The summed E-state index contributed by atoms with van der Waals surface area (Å²) in [6.07, 6.45) is -7.21. The zero-order chi connectivity index (χ0) is 55.0. The summed E-state index contributed by atoms with van der Waals surface area (Å²) < 4.78 is 67.2. The number of phosphoric acid groups is 3. The fourth-order valence-electron chi connectivity index (χ4n) is 8.13. The van der Waals surface area contributed by atoms with E-state index >= 15 is 0 Å². The van der Waals surface area contributed by atoms with E-state index in [9.17, 15) is 67.5 Å². The zero-order valence-electron chi connectivity index (χ0n) is 40.2. The Morgan fingerprint density at radius 2 is 1.71 bits per heavy atom. The van der Waals surface area contributed by atoms with Crippen molar-refractivity contribution in [3.05, 3.63) is 54.3 Å². The minimum atomic E-state index is -5.63. The molecule has 11 N–H and O–H groups in total. The summed E-state index contributed by atoms with van der Waals surface area (Å²) >= 11 is 2.29. The highest BCUT2D eigenvalue weighted by atomic mass is 32.2. The Balaban J connectivity index is 0.810. The number of aryl methyl sites for hydroxylation is 1. The monoisotopic (exact) mass is 1150 g/mol. The first-order chi connectivity index (χ1) is 35.0. The number of carbonyl (C=O) groups is 5. The molecular formula is C40H53N10O20P3S2. The van der Waals surface area contributed by atoms with Gasteiger partial charge in [-0.3, -0.25) is 42.1 Å². The standard InChI is InChI=1S/C40H53N10O20P3S2/c1-19-23(24(48-68-19)20-9-7-6-8-10-20)33(54)47-26-35(56)50-29(40(4,5)75-37(26)50)38(57)74-14-13-42-22(51)11-12-43-34(55)30(53)39(2,3)16-66-73(63,64)70-72(61,62)65-15-21-28(69-71(58,59)60)27(52)36(67-21)49-18-46-25-31(41)44-17-45-32(25)49/h6-10,17-18,21,26-30,36-37,52-53H,11-16H2,1-5H3,(H,42,51)(H,43,55)(H,47,54)(H,61,62)(H,63,64)(H2,41,44,45)(H2,58,59,60)/t21?,26-,27?,28?,29+,30?,36?,37-/m1/s1. The number of nitrogen functional groups attached to an aromatic ring is 1. The minimum absolute atomic E-state index is 0.0140. The molecule has 35 heteroatoms. The van der Waals surface area contributed by atoms with E-state index < -0.39 is 119 Å². The number of aliphatic hydroxyl groups is 2. The van der Waals surface area contributed by atoms with Gasteiger partial charge in [-0.25, -0.2) is 28.6 Å². The fourth-order valence-corrected chi connectivity index (χ4v) is 13.6. The minimum Gasteiger partial charge on any atom is -0.386 e. The third-order valence-electron chi connectivity index (χ3n) is 11.8. The number of hydrogen-bond acceptors (Lipinski definition) is 23. The van der Waals surface area contributed by atoms with Crippen molar-refractivity contribution >= 4 is 92.7 Å². The quantitative estimate of drug-likeness (QED) is 0.0274. The third kappa shape index (κ3) is 13.3. The summed E-state index contributed by atoms with van der Waals surface area (Å²) in [5.41, 5.74) is 5.37. The second kappa shape index (κ2) is 22.7. The number of anilines is 1. The van der Waals surface area contributed by atoms with Crippen LogP contribution in [0.4, 0.5) is 5.82 Å². The number of hydrogen-bond donors (Lipinski definition) is 10. The molecule has 4 aromatic rings. The van der Waals surface area contributed by atoms with E-state index in [0.29, 0.717) is 11.3 Å². The maximum Gasteiger partial charge on any atom is 0.481 e. The van der Waals surface area contributed by atoms with Gasteiger partial charge in [0.05, 0.1) is 19.5 Å². The average molecular weight is 1150 g/mol. The Kier molecular flexibility index (Phi) is 17.5. The number of thioether (sulfide) groups is 2. The molecule has 0 aliphatic carbocycles. The Morgan fingerprint density at radius 3 is 2.40 bits per heavy atom. The van der Waals surface area contributed by atoms with Gasteiger partial charge in [-0.05, 0) is 20.8 Å². The molecule has 30 nitrogen and oxygen atoms in total. The number of phosphoric ester groups is 3. The maximum absolute atomic E-state index is 13.5. The Hall–Kier alpha value is -4.72. The number of nitrogens with one attached hydrogen (secondary N) is 3. The van der Waals surface area contributed by atoms with Gasteiger partial charge < -0.3 is 65.6 Å². The van der Waals surface area contributed by atoms with Gasteiger partial charge in [0, 0.05) is 41.0 Å². The molecule has 0 saturated carbocycles. The van der Waals surface area contributed by atoms with E-state index in [2.05, 4.69) is 44.9 Å². The highest BCUT2D eigenvalue weighted by Crippen LogP contribution is 2.61. The number of ether oxygens (including phenoxy) is 1. The summed E-state index contributed by atoms with van der Waals surface area (Å²) in [7, 11) is -16.5. The van der Waals surface area contributed by atoms with Crippen molar-refractivity contribution < 1.29 is 94.6 Å². The zero-order valence-corrected chi connectivity index (χ0v) is 44.5. The number of β-lactam (4-membered cyclic amide) rings is 1. The second-order valence-electron chi connectivity index (χ2n) is 18.3. The lowest BCUT2D eigenvalue weighted by Crippen LogP contribution is -2.70. The van der Waals surface area contributed by atoms with Crippen LogP contribution in [0.2, 0.25) is 0 Å². The van der Waals surface area contributed by atoms with Crippen LogP contribution in [-0.4, -0.2) is 167 Å². The molecule has 3 aliphatic heterocycles. The lowest BCUT2D eigenvalue weighted by Gasteiger charge is -2.44. The van der Waals surface area contributed by atoms with Gasteiger partial charge in [-0.15, -0.1) is 11.8 Å². The molecule has 3 saturated heterocycles. The summed E-state index contributed by atoms with van der Waals surface area (Å²) in [6.45, 7) is 5.35. The van der Waals surface area contributed by atoms with Crippen LogP contribution in [0.25, 0.3) is 22.4 Å². The van der Waals surface area contributed by atoms with Crippen molar-refractivity contribution in [3.8, 4) is 11.3 Å². The van der Waals surface area contributed by atoms with Crippen LogP contribution in [0.1, 0.15) is 56.5 Å². The van der Waals surface area contributed by atoms with Crippen LogP contribution in [-0.2, 0) is 55.5 Å². The predicted molar refractivity (Wildman–Crippen MR) is 261 cm³/mol. The van der Waals surface area contributed by atoms with Crippen LogP contribution >= 0.6 is 47.0 Å². The van der Waals surface area contributed by atoms with E-state index in [1.165, 1.54) is 30.5 Å². The number of nitrogens with zero attached hydrogens (tertiary/aromatic N) is 6. The Bertz CT molecular complexity index is 2960. The Labute approximate surface area is 434 Å². The van der Waals surface area contributed by atoms with Gasteiger partial charge in [0.25, 0.3) is 5.91 Å². The van der Waals surface area contributed by atoms with Crippen LogP contribution in [0.15, 0.2) is 47.5 Å². The predicted octanol–water partition coefficient (Wildman–Crippen LogP) is 0.489. The van der Waals surface area contributed by atoms with Crippen LogP contribution in [0, 0.1) is 12.3 Å². The van der Waals surface area contributed by atoms with Crippen LogP contribution < -0.4 is 21.7 Å². The summed E-state index contributed by atoms with van der Waals surface area (Å²) in [4.78, 5) is 119. The molecule has 1 aromatic carbocycles. The molecule has 0 spiro atoms. The lowest BCUT2D eigenvalue weighted by molar-refractivity contribution is -0.150. The van der Waals surface area contributed by atoms with Gasteiger partial charge in [0.15, 0.2) is 17.7 Å². The molecule has 0 bridgehead atoms. The van der Waals surface area contributed by atoms with Crippen molar-refractivity contribution in [3.63, 3.8) is 0 Å². The topological polar surface area (TPSA) is 439 Å². The molecule has 0 radical (unpaired) electrons. The smallest absolute Gasteiger partial charge is 0.386 e. The summed E-state index contributed by atoms with van der Waals surface area (Å²) in [6, 6.07) is 7.22. The van der Waals surface area contributed by atoms with E-state index in [0.717, 1.165) is 29.0 Å². The molecule has 10 atom stereocenters. The molecule has 3 fully saturated rings. The highest BCUT2D eigenvalue weighted by Gasteiger charge is 2.64. The SMILES string of the molecule is Cc1onc(-c2ccccc2)c1C(=O)N[C@@H]1C(=O)N2[C@@H]1SC(C)(C)[C@@H]2C(=O)SCCNC(=O)CCNC(=O)C(O)C(C)(C)COP(=O)(O)OP(=O)(O)OCC1OC(n2cnc3c(N)ncnc32)C(O)C1OP(=O)(O)O. The number of aromatic nitrogens is 5. The maximum atomic E-state index is 13.5. The van der Waals surface area contributed by atoms with Gasteiger partial charge in [0.1, 0.15) is 70.7 Å². The number of nitrogens with two attached hydrogens (primary N) is 1. The van der Waals surface area contributed by atoms with Gasteiger partial charge in [0.2, 0.25) is 22.8 Å². The van der Waals surface area contributed by atoms with E-state index in [1.54, 1.807) is 31.2 Å². The molecule has 7 rings (SSSR count). The second-order valence-corrected chi connectivity index (χ2v) is 25.4. The molecule has 6 heterocycles. The van der Waals surface area contributed by atoms with Gasteiger partial charge in [-0.2, -0.15) is 4.31 Å². The fraction of sp³-hybridized carbons (Fsp3) is 0.525. The lowest BCUT2D eigenvalue weighted by atomic mass is 9.87. The van der Waals surface area contributed by atoms with E-state index in [4.69, 9.17) is 24.0 Å². The molecule has 3 aromatic heterocycles. The molecule has 75 heavy (non-hydrogen) atoms. The number of rotatable bonds is 23. The average Bonchev–Trinajstić information content (AvgIpc) is 4.08.